The molecule has 2 unspecified atom stereocenters. The van der Waals surface area contributed by atoms with Crippen molar-refractivity contribution in [3.8, 4) is 0 Å². The van der Waals surface area contributed by atoms with Crippen molar-refractivity contribution in [2.75, 3.05) is 25.2 Å². The lowest BCUT2D eigenvalue weighted by Crippen LogP contribution is -2.31. The van der Waals surface area contributed by atoms with Gasteiger partial charge in [-0.05, 0) is 37.5 Å². The van der Waals surface area contributed by atoms with Gasteiger partial charge in [0.05, 0.1) is 12.6 Å². The van der Waals surface area contributed by atoms with Gasteiger partial charge < -0.3 is 15.4 Å². The van der Waals surface area contributed by atoms with E-state index < -0.39 is 0 Å². The van der Waals surface area contributed by atoms with Gasteiger partial charge in [-0.3, -0.25) is 0 Å². The van der Waals surface area contributed by atoms with Crippen molar-refractivity contribution >= 4 is 21.6 Å². The van der Waals surface area contributed by atoms with E-state index in [4.69, 9.17) is 10.5 Å². The molecular formula is C14H21BrN2O. The Balaban J connectivity index is 2.12. The van der Waals surface area contributed by atoms with Crippen molar-refractivity contribution in [2.45, 2.75) is 31.8 Å². The molecule has 0 radical (unpaired) electrons. The van der Waals surface area contributed by atoms with Crippen LogP contribution in [0, 0.1) is 0 Å². The van der Waals surface area contributed by atoms with E-state index in [1.807, 2.05) is 6.92 Å². The van der Waals surface area contributed by atoms with Crippen molar-refractivity contribution in [1.29, 1.82) is 0 Å². The molecular weight excluding hydrogens is 292 g/mol. The molecule has 0 aromatic heterocycles. The maximum absolute atomic E-state index is 5.84. The molecule has 1 fully saturated rings. The molecule has 0 bridgehead atoms. The van der Waals surface area contributed by atoms with Gasteiger partial charge in [-0.15, -0.1) is 0 Å². The van der Waals surface area contributed by atoms with E-state index in [0.717, 1.165) is 30.5 Å². The SMILES string of the molecule is CC(N)Cc1ccc(N(C)C2CCOC2)cc1Br. The molecule has 0 aliphatic carbocycles. The number of halogens is 1. The molecule has 1 aliphatic rings. The molecule has 18 heavy (non-hydrogen) atoms. The zero-order chi connectivity index (χ0) is 13.1. The highest BCUT2D eigenvalue weighted by molar-refractivity contribution is 9.10. The van der Waals surface area contributed by atoms with Gasteiger partial charge in [0.1, 0.15) is 0 Å². The van der Waals surface area contributed by atoms with Crippen molar-refractivity contribution in [3.05, 3.63) is 28.2 Å². The van der Waals surface area contributed by atoms with Crippen molar-refractivity contribution in [2.24, 2.45) is 5.73 Å². The summed E-state index contributed by atoms with van der Waals surface area (Å²) in [5.41, 5.74) is 8.34. The van der Waals surface area contributed by atoms with Crippen LogP contribution in [0.2, 0.25) is 0 Å². The molecule has 0 saturated carbocycles. The Hall–Kier alpha value is -0.580. The molecule has 2 rings (SSSR count). The van der Waals surface area contributed by atoms with E-state index >= 15 is 0 Å². The molecule has 2 atom stereocenters. The number of rotatable bonds is 4. The summed E-state index contributed by atoms with van der Waals surface area (Å²) in [5.74, 6) is 0. The average molecular weight is 313 g/mol. The highest BCUT2D eigenvalue weighted by atomic mass is 79.9. The summed E-state index contributed by atoms with van der Waals surface area (Å²) in [4.78, 5) is 2.30. The van der Waals surface area contributed by atoms with Crippen LogP contribution in [0.25, 0.3) is 0 Å². The smallest absolute Gasteiger partial charge is 0.0670 e. The maximum atomic E-state index is 5.84. The topological polar surface area (TPSA) is 38.5 Å². The van der Waals surface area contributed by atoms with E-state index in [-0.39, 0.29) is 6.04 Å². The standard InChI is InChI=1S/C14H21BrN2O/c1-10(16)7-11-3-4-12(8-14(11)15)17(2)13-5-6-18-9-13/h3-4,8,10,13H,5-7,9,16H2,1-2H3. The van der Waals surface area contributed by atoms with E-state index in [1.165, 1.54) is 11.3 Å². The first kappa shape index (κ1) is 13.8. The van der Waals surface area contributed by atoms with Gasteiger partial charge in [0.25, 0.3) is 0 Å². The Morgan fingerprint density at radius 1 is 1.56 bits per heavy atom. The minimum Gasteiger partial charge on any atom is -0.379 e. The molecule has 1 saturated heterocycles. The zero-order valence-electron chi connectivity index (χ0n) is 11.0. The highest BCUT2D eigenvalue weighted by Crippen LogP contribution is 2.27. The third kappa shape index (κ3) is 3.25. The second-order valence-electron chi connectivity index (χ2n) is 5.09. The molecule has 2 N–H and O–H groups in total. The van der Waals surface area contributed by atoms with Gasteiger partial charge in [-0.1, -0.05) is 22.0 Å². The Morgan fingerprint density at radius 3 is 2.89 bits per heavy atom. The zero-order valence-corrected chi connectivity index (χ0v) is 12.6. The minimum absolute atomic E-state index is 0.188. The Morgan fingerprint density at radius 2 is 2.33 bits per heavy atom. The number of benzene rings is 1. The number of anilines is 1. The predicted octanol–water partition coefficient (Wildman–Crippen LogP) is 2.56. The van der Waals surface area contributed by atoms with Crippen LogP contribution in [0.1, 0.15) is 18.9 Å². The van der Waals surface area contributed by atoms with Gasteiger partial charge in [0, 0.05) is 29.9 Å². The Bertz CT molecular complexity index is 403. The fraction of sp³-hybridized carbons (Fsp3) is 0.571. The fourth-order valence-electron chi connectivity index (χ4n) is 2.31. The van der Waals surface area contributed by atoms with Gasteiger partial charge in [0.15, 0.2) is 0 Å². The molecule has 1 aromatic carbocycles. The first-order valence-electron chi connectivity index (χ1n) is 6.42. The van der Waals surface area contributed by atoms with E-state index in [0.29, 0.717) is 6.04 Å². The Labute approximate surface area is 117 Å². The van der Waals surface area contributed by atoms with Gasteiger partial charge >= 0.3 is 0 Å². The second-order valence-corrected chi connectivity index (χ2v) is 5.94. The van der Waals surface area contributed by atoms with Crippen LogP contribution in [0.3, 0.4) is 0 Å². The number of nitrogens with zero attached hydrogens (tertiary/aromatic N) is 1. The number of ether oxygens (including phenoxy) is 1. The lowest BCUT2D eigenvalue weighted by atomic mass is 10.1. The molecule has 0 amide bonds. The molecule has 1 aromatic rings. The van der Waals surface area contributed by atoms with Crippen LogP contribution in [0.5, 0.6) is 0 Å². The minimum atomic E-state index is 0.188. The first-order chi connectivity index (χ1) is 8.58. The highest BCUT2D eigenvalue weighted by Gasteiger charge is 2.20. The molecule has 1 heterocycles. The summed E-state index contributed by atoms with van der Waals surface area (Å²) in [5, 5.41) is 0. The first-order valence-corrected chi connectivity index (χ1v) is 7.22. The second kappa shape index (κ2) is 6.04. The van der Waals surface area contributed by atoms with Crippen LogP contribution in [-0.4, -0.2) is 32.3 Å². The van der Waals surface area contributed by atoms with Crippen LogP contribution in [0.4, 0.5) is 5.69 Å². The van der Waals surface area contributed by atoms with Crippen molar-refractivity contribution in [3.63, 3.8) is 0 Å². The largest absolute Gasteiger partial charge is 0.379 e. The quantitative estimate of drug-likeness (QED) is 0.928. The maximum Gasteiger partial charge on any atom is 0.0670 e. The van der Waals surface area contributed by atoms with Gasteiger partial charge in [-0.2, -0.15) is 0 Å². The number of hydrogen-bond acceptors (Lipinski definition) is 3. The molecule has 3 nitrogen and oxygen atoms in total. The van der Waals surface area contributed by atoms with E-state index in [9.17, 15) is 0 Å². The predicted molar refractivity (Wildman–Crippen MR) is 79.1 cm³/mol. The van der Waals surface area contributed by atoms with Gasteiger partial charge in [-0.25, -0.2) is 0 Å². The van der Waals surface area contributed by atoms with Crippen molar-refractivity contribution < 1.29 is 4.74 Å². The summed E-state index contributed by atoms with van der Waals surface area (Å²) >= 11 is 3.64. The van der Waals surface area contributed by atoms with Crippen LogP contribution in [0.15, 0.2) is 22.7 Å². The van der Waals surface area contributed by atoms with E-state index in [1.54, 1.807) is 0 Å². The monoisotopic (exact) mass is 312 g/mol. The number of nitrogens with two attached hydrogens (primary N) is 1. The fourth-order valence-corrected chi connectivity index (χ4v) is 2.83. The third-order valence-electron chi connectivity index (χ3n) is 3.44. The van der Waals surface area contributed by atoms with Crippen molar-refractivity contribution in [1.82, 2.24) is 0 Å². The van der Waals surface area contributed by atoms with E-state index in [2.05, 4.69) is 46.1 Å². The average Bonchev–Trinajstić information content (AvgIpc) is 2.84. The number of hydrogen-bond donors (Lipinski definition) is 1. The molecule has 0 spiro atoms. The summed E-state index contributed by atoms with van der Waals surface area (Å²) in [7, 11) is 2.13. The third-order valence-corrected chi connectivity index (χ3v) is 4.18. The lowest BCUT2D eigenvalue weighted by Gasteiger charge is -2.26. The summed E-state index contributed by atoms with van der Waals surface area (Å²) in [6, 6.07) is 7.19. The van der Waals surface area contributed by atoms with Crippen LogP contribution in [-0.2, 0) is 11.2 Å². The molecule has 4 heteroatoms. The summed E-state index contributed by atoms with van der Waals surface area (Å²) in [6.45, 7) is 3.73. The molecule has 1 aliphatic heterocycles. The normalized spacial score (nSPS) is 21.0. The molecule has 100 valence electrons. The number of likely N-dealkylation sites (N-methyl/N-ethyl adjacent to an activating group) is 1. The Kier molecular flexibility index (Phi) is 4.65. The van der Waals surface area contributed by atoms with Crippen LogP contribution >= 0.6 is 15.9 Å². The van der Waals surface area contributed by atoms with Gasteiger partial charge in [0.2, 0.25) is 0 Å². The lowest BCUT2D eigenvalue weighted by molar-refractivity contribution is 0.193. The summed E-state index contributed by atoms with van der Waals surface area (Å²) in [6.07, 6.45) is 2.01. The van der Waals surface area contributed by atoms with Crippen LogP contribution < -0.4 is 10.6 Å². The summed E-state index contributed by atoms with van der Waals surface area (Å²) < 4.78 is 6.58.